The fraction of sp³-hybridized carbons (Fsp3) is 1.00. The fourth-order valence-corrected chi connectivity index (χ4v) is 0.957. The van der Waals surface area contributed by atoms with Gasteiger partial charge in [0.15, 0.2) is 0 Å². The SMILES string of the molecule is O=S(=O)(OCCCF)OC(F)(F)F. The molecule has 13 heavy (non-hydrogen) atoms. The molecule has 0 bridgehead atoms. The molecule has 0 fully saturated rings. The summed E-state index contributed by atoms with van der Waals surface area (Å²) in [6.45, 7) is -1.57. The Morgan fingerprint density at radius 3 is 2.15 bits per heavy atom. The molecule has 80 valence electrons. The Morgan fingerprint density at radius 1 is 1.23 bits per heavy atom. The highest BCUT2D eigenvalue weighted by Crippen LogP contribution is 2.20. The van der Waals surface area contributed by atoms with Gasteiger partial charge in [0.05, 0.1) is 13.3 Å². The average molecular weight is 226 g/mol. The lowest BCUT2D eigenvalue weighted by Gasteiger charge is -2.06. The summed E-state index contributed by atoms with van der Waals surface area (Å²) >= 11 is 0. The largest absolute Gasteiger partial charge is 0.538 e. The molecule has 9 heteroatoms. The third-order valence-corrected chi connectivity index (χ3v) is 1.55. The lowest BCUT2D eigenvalue weighted by Crippen LogP contribution is -2.22. The van der Waals surface area contributed by atoms with Crippen LogP contribution in [0.2, 0.25) is 0 Å². The van der Waals surface area contributed by atoms with Crippen molar-refractivity contribution >= 4 is 10.4 Å². The van der Waals surface area contributed by atoms with E-state index in [1.807, 2.05) is 0 Å². The van der Waals surface area contributed by atoms with E-state index in [1.165, 1.54) is 0 Å². The minimum absolute atomic E-state index is 0.319. The zero-order valence-corrected chi connectivity index (χ0v) is 6.99. The Labute approximate surface area is 71.8 Å². The lowest BCUT2D eigenvalue weighted by atomic mass is 10.5. The first-order valence-electron chi connectivity index (χ1n) is 2.99. The maximum atomic E-state index is 11.4. The molecular weight excluding hydrogens is 220 g/mol. The van der Waals surface area contributed by atoms with Crippen molar-refractivity contribution in [2.45, 2.75) is 12.8 Å². The predicted molar refractivity (Wildman–Crippen MR) is 32.6 cm³/mol. The number of rotatable bonds is 5. The van der Waals surface area contributed by atoms with Crippen molar-refractivity contribution in [3.05, 3.63) is 0 Å². The maximum absolute atomic E-state index is 11.4. The number of hydrogen-bond donors (Lipinski definition) is 0. The molecule has 0 aromatic carbocycles. The van der Waals surface area contributed by atoms with Gasteiger partial charge in [-0.3, -0.25) is 4.39 Å². The van der Waals surface area contributed by atoms with E-state index in [9.17, 15) is 26.0 Å². The normalized spacial score (nSPS) is 13.2. The molecule has 0 aromatic heterocycles. The van der Waals surface area contributed by atoms with Gasteiger partial charge in [0, 0.05) is 6.42 Å². The van der Waals surface area contributed by atoms with Gasteiger partial charge in [-0.05, 0) is 0 Å². The van der Waals surface area contributed by atoms with E-state index in [-0.39, 0.29) is 6.42 Å². The van der Waals surface area contributed by atoms with Crippen LogP contribution in [0.15, 0.2) is 0 Å². The van der Waals surface area contributed by atoms with Crippen LogP contribution < -0.4 is 0 Å². The zero-order valence-electron chi connectivity index (χ0n) is 6.17. The maximum Gasteiger partial charge on any atom is 0.538 e. The summed E-state index contributed by atoms with van der Waals surface area (Å²) in [4.78, 5) is 0. The van der Waals surface area contributed by atoms with Crippen LogP contribution in [0.25, 0.3) is 0 Å². The first kappa shape index (κ1) is 12.6. The standard InChI is InChI=1S/C4H6F4O4S/c5-2-1-3-11-13(9,10)12-4(6,7)8/h1-3H2. The topological polar surface area (TPSA) is 52.6 Å². The van der Waals surface area contributed by atoms with Crippen LogP contribution >= 0.6 is 0 Å². The highest BCUT2D eigenvalue weighted by molar-refractivity contribution is 7.81. The van der Waals surface area contributed by atoms with E-state index in [2.05, 4.69) is 8.37 Å². The summed E-state index contributed by atoms with van der Waals surface area (Å²) in [5, 5.41) is 0. The third-order valence-electron chi connectivity index (χ3n) is 0.702. The van der Waals surface area contributed by atoms with Gasteiger partial charge < -0.3 is 0 Å². The van der Waals surface area contributed by atoms with E-state index >= 15 is 0 Å². The third kappa shape index (κ3) is 7.94. The Morgan fingerprint density at radius 2 is 1.77 bits per heavy atom. The number of hydrogen-bond acceptors (Lipinski definition) is 4. The molecule has 0 aromatic rings. The van der Waals surface area contributed by atoms with Crippen LogP contribution in [0, 0.1) is 0 Å². The van der Waals surface area contributed by atoms with Gasteiger partial charge in [-0.2, -0.15) is 8.42 Å². The second-order valence-electron chi connectivity index (χ2n) is 1.80. The minimum atomic E-state index is -5.32. The van der Waals surface area contributed by atoms with Gasteiger partial charge in [0.1, 0.15) is 0 Å². The van der Waals surface area contributed by atoms with Gasteiger partial charge in [-0.15, -0.1) is 17.4 Å². The molecule has 0 unspecified atom stereocenters. The fourth-order valence-electron chi connectivity index (χ4n) is 0.355. The van der Waals surface area contributed by atoms with Gasteiger partial charge in [0.2, 0.25) is 0 Å². The zero-order chi connectivity index (χ0) is 10.5. The van der Waals surface area contributed by atoms with E-state index in [4.69, 9.17) is 0 Å². The second kappa shape index (κ2) is 4.72. The Balaban J connectivity index is 3.96. The highest BCUT2D eigenvalue weighted by Gasteiger charge is 2.37. The van der Waals surface area contributed by atoms with Crippen molar-refractivity contribution in [2.24, 2.45) is 0 Å². The first-order chi connectivity index (χ1) is 5.77. The highest BCUT2D eigenvalue weighted by atomic mass is 32.3. The molecule has 0 aliphatic carbocycles. The average Bonchev–Trinajstić information content (AvgIpc) is 1.81. The van der Waals surface area contributed by atoms with Crippen LogP contribution in [0.5, 0.6) is 0 Å². The Bertz CT molecular complexity index is 233. The Kier molecular flexibility index (Phi) is 4.57. The van der Waals surface area contributed by atoms with Crippen LogP contribution in [0.3, 0.4) is 0 Å². The number of halogens is 4. The smallest absolute Gasteiger partial charge is 0.251 e. The first-order valence-corrected chi connectivity index (χ1v) is 4.33. The molecule has 0 spiro atoms. The van der Waals surface area contributed by atoms with E-state index in [0.29, 0.717) is 0 Å². The predicted octanol–water partition coefficient (Wildman–Crippen LogP) is 1.14. The second-order valence-corrected chi connectivity index (χ2v) is 3.02. The van der Waals surface area contributed by atoms with Crippen LogP contribution in [-0.2, 0) is 18.8 Å². The molecule has 0 N–H and O–H groups in total. The van der Waals surface area contributed by atoms with Crippen molar-refractivity contribution < 1.29 is 34.3 Å². The molecule has 0 radical (unpaired) electrons. The van der Waals surface area contributed by atoms with Crippen molar-refractivity contribution in [1.29, 1.82) is 0 Å². The van der Waals surface area contributed by atoms with Crippen LogP contribution in [0.4, 0.5) is 17.6 Å². The van der Waals surface area contributed by atoms with Crippen LogP contribution in [0.1, 0.15) is 6.42 Å². The van der Waals surface area contributed by atoms with E-state index < -0.39 is 30.0 Å². The van der Waals surface area contributed by atoms with Gasteiger partial charge in [-0.25, -0.2) is 4.18 Å². The van der Waals surface area contributed by atoms with Gasteiger partial charge in [-0.1, -0.05) is 0 Å². The summed E-state index contributed by atoms with van der Waals surface area (Å²) in [5.74, 6) is 0. The summed E-state index contributed by atoms with van der Waals surface area (Å²) < 4.78 is 72.0. The van der Waals surface area contributed by atoms with E-state index in [0.717, 1.165) is 0 Å². The quantitative estimate of drug-likeness (QED) is 0.521. The minimum Gasteiger partial charge on any atom is -0.251 e. The van der Waals surface area contributed by atoms with Crippen molar-refractivity contribution in [2.75, 3.05) is 13.3 Å². The monoisotopic (exact) mass is 226 g/mol. The lowest BCUT2D eigenvalue weighted by molar-refractivity contribution is -0.275. The summed E-state index contributed by atoms with van der Waals surface area (Å²) in [5.41, 5.74) is 0. The van der Waals surface area contributed by atoms with E-state index in [1.54, 1.807) is 0 Å². The summed E-state index contributed by atoms with van der Waals surface area (Å²) in [6, 6.07) is 0. The van der Waals surface area contributed by atoms with Crippen molar-refractivity contribution in [3.8, 4) is 0 Å². The molecule has 0 saturated heterocycles. The van der Waals surface area contributed by atoms with Crippen molar-refractivity contribution in [3.63, 3.8) is 0 Å². The van der Waals surface area contributed by atoms with Gasteiger partial charge in [0.25, 0.3) is 0 Å². The molecule has 0 heterocycles. The Hall–Kier alpha value is -0.410. The molecular formula is C4H6F4O4S. The number of alkyl halides is 4. The molecule has 0 aliphatic heterocycles. The molecule has 0 saturated carbocycles. The van der Waals surface area contributed by atoms with Crippen molar-refractivity contribution in [1.82, 2.24) is 0 Å². The van der Waals surface area contributed by atoms with Crippen LogP contribution in [-0.4, -0.2) is 28.1 Å². The molecule has 0 rings (SSSR count). The molecule has 0 aliphatic rings. The summed E-state index contributed by atoms with van der Waals surface area (Å²) in [6.07, 6.45) is -5.64. The summed E-state index contributed by atoms with van der Waals surface area (Å²) in [7, 11) is -5.10. The molecule has 0 atom stereocenters. The molecule has 4 nitrogen and oxygen atoms in total. The van der Waals surface area contributed by atoms with Gasteiger partial charge >= 0.3 is 16.8 Å². The molecule has 0 amide bonds.